The molecule has 0 aliphatic carbocycles. The summed E-state index contributed by atoms with van der Waals surface area (Å²) < 4.78 is 0. The van der Waals surface area contributed by atoms with Crippen LogP contribution < -0.4 is 10.2 Å². The molecule has 0 saturated heterocycles. The number of halogens is 1. The molecule has 0 fully saturated rings. The number of hydrogen-bond acceptors (Lipinski definition) is 4. The highest BCUT2D eigenvalue weighted by Gasteiger charge is 2.19. The Bertz CT molecular complexity index is 1000. The quantitative estimate of drug-likeness (QED) is 0.740. The fourth-order valence-electron chi connectivity index (χ4n) is 3.21. The topological polar surface area (TPSA) is 58.1 Å². The zero-order valence-electron chi connectivity index (χ0n) is 14.9. The highest BCUT2D eigenvalue weighted by molar-refractivity contribution is 6.31. The van der Waals surface area contributed by atoms with Crippen molar-refractivity contribution in [1.29, 1.82) is 0 Å². The number of nitrogens with one attached hydrogen (secondary N) is 1. The van der Waals surface area contributed by atoms with Crippen LogP contribution in [0.4, 0.5) is 11.6 Å². The highest BCUT2D eigenvalue weighted by atomic mass is 35.5. The van der Waals surface area contributed by atoms with Gasteiger partial charge in [0.05, 0.1) is 0 Å². The lowest BCUT2D eigenvalue weighted by Gasteiger charge is -2.28. The zero-order chi connectivity index (χ0) is 18.8. The lowest BCUT2D eigenvalue weighted by Crippen LogP contribution is -2.32. The van der Waals surface area contributed by atoms with Gasteiger partial charge in [-0.3, -0.25) is 4.79 Å². The van der Waals surface area contributed by atoms with E-state index in [-0.39, 0.29) is 5.91 Å². The maximum atomic E-state index is 12.6. The highest BCUT2D eigenvalue weighted by Crippen LogP contribution is 2.23. The molecule has 1 amide bonds. The van der Waals surface area contributed by atoms with Gasteiger partial charge in [0.15, 0.2) is 0 Å². The van der Waals surface area contributed by atoms with Crippen LogP contribution >= 0.6 is 11.6 Å². The number of aromatic nitrogens is 2. The average molecular weight is 379 g/mol. The third kappa shape index (κ3) is 3.78. The molecule has 0 atom stereocenters. The summed E-state index contributed by atoms with van der Waals surface area (Å²) in [5.74, 6) is 0.293. The van der Waals surface area contributed by atoms with Gasteiger partial charge in [-0.1, -0.05) is 41.9 Å². The molecule has 0 bridgehead atoms. The number of anilines is 2. The smallest absolute Gasteiger partial charge is 0.274 e. The fourth-order valence-corrected chi connectivity index (χ4v) is 3.38. The Morgan fingerprint density at radius 1 is 1.15 bits per heavy atom. The number of rotatable bonds is 3. The average Bonchev–Trinajstić information content (AvgIpc) is 2.70. The Morgan fingerprint density at radius 3 is 2.81 bits per heavy atom. The molecule has 4 rings (SSSR count). The first-order valence-electron chi connectivity index (χ1n) is 8.82. The number of nitrogens with zero attached hydrogens (tertiary/aromatic N) is 3. The van der Waals surface area contributed by atoms with Gasteiger partial charge in [-0.15, -0.1) is 0 Å². The van der Waals surface area contributed by atoms with Gasteiger partial charge < -0.3 is 10.2 Å². The normalized spacial score (nSPS) is 13.2. The number of hydrogen-bond donors (Lipinski definition) is 1. The molecular formula is C21H19ClN4O. The fraction of sp³-hybridized carbons (Fsp3) is 0.190. The standard InChI is InChI=1S/C21H19ClN4O/c1-14-6-7-17(22)12-19(14)24-20(27)18-8-10-23-21(25-18)26-11-9-15-4-2-3-5-16(15)13-26/h2-8,10,12H,9,11,13H2,1H3,(H,24,27). The minimum absolute atomic E-state index is 0.276. The number of fused-ring (bicyclic) bond motifs is 1. The predicted octanol–water partition coefficient (Wildman–Crippen LogP) is 4.25. The molecule has 0 spiro atoms. The van der Waals surface area contributed by atoms with E-state index in [0.717, 1.165) is 25.1 Å². The number of amides is 1. The van der Waals surface area contributed by atoms with E-state index in [1.54, 1.807) is 24.4 Å². The van der Waals surface area contributed by atoms with Crippen molar-refractivity contribution in [2.24, 2.45) is 0 Å². The van der Waals surface area contributed by atoms with Crippen molar-refractivity contribution < 1.29 is 4.79 Å². The van der Waals surface area contributed by atoms with Crippen LogP contribution in [0.15, 0.2) is 54.7 Å². The second-order valence-corrected chi connectivity index (χ2v) is 7.03. The number of carbonyl (C=O) groups excluding carboxylic acids is 1. The lowest BCUT2D eigenvalue weighted by atomic mass is 10.0. The van der Waals surface area contributed by atoms with Crippen molar-refractivity contribution in [3.05, 3.63) is 82.1 Å². The molecule has 0 unspecified atom stereocenters. The summed E-state index contributed by atoms with van der Waals surface area (Å²) >= 11 is 6.03. The zero-order valence-corrected chi connectivity index (χ0v) is 15.7. The molecule has 0 saturated carbocycles. The molecule has 27 heavy (non-hydrogen) atoms. The Balaban J connectivity index is 1.54. The summed E-state index contributed by atoms with van der Waals surface area (Å²) in [6.45, 7) is 3.49. The first kappa shape index (κ1) is 17.5. The lowest BCUT2D eigenvalue weighted by molar-refractivity contribution is 0.102. The Morgan fingerprint density at radius 2 is 1.96 bits per heavy atom. The largest absolute Gasteiger partial charge is 0.336 e. The first-order chi connectivity index (χ1) is 13.1. The molecule has 2 heterocycles. The minimum atomic E-state index is -0.276. The molecule has 1 aliphatic heterocycles. The van der Waals surface area contributed by atoms with Gasteiger partial charge in [0.1, 0.15) is 5.69 Å². The molecule has 136 valence electrons. The first-order valence-corrected chi connectivity index (χ1v) is 9.20. The van der Waals surface area contributed by atoms with Crippen molar-refractivity contribution in [3.63, 3.8) is 0 Å². The minimum Gasteiger partial charge on any atom is -0.336 e. The summed E-state index contributed by atoms with van der Waals surface area (Å²) in [5, 5.41) is 3.46. The third-order valence-corrected chi connectivity index (χ3v) is 4.97. The van der Waals surface area contributed by atoms with Crippen molar-refractivity contribution in [3.8, 4) is 0 Å². The summed E-state index contributed by atoms with van der Waals surface area (Å²) in [5.41, 5.74) is 4.59. The number of benzene rings is 2. The molecule has 2 aromatic carbocycles. The van der Waals surface area contributed by atoms with Crippen LogP contribution in [0.1, 0.15) is 27.2 Å². The van der Waals surface area contributed by atoms with E-state index in [1.807, 2.05) is 19.1 Å². The monoisotopic (exact) mass is 378 g/mol. The van der Waals surface area contributed by atoms with Gasteiger partial charge in [0, 0.05) is 30.0 Å². The van der Waals surface area contributed by atoms with Crippen molar-refractivity contribution >= 4 is 29.1 Å². The third-order valence-electron chi connectivity index (χ3n) is 4.74. The SMILES string of the molecule is Cc1ccc(Cl)cc1NC(=O)c1ccnc(N2CCc3ccccc3C2)n1. The van der Waals surface area contributed by atoms with Crippen LogP contribution in [0, 0.1) is 6.92 Å². The molecule has 6 heteroatoms. The van der Waals surface area contributed by atoms with Crippen molar-refractivity contribution in [1.82, 2.24) is 9.97 Å². The van der Waals surface area contributed by atoms with Crippen LogP contribution in [-0.2, 0) is 13.0 Å². The van der Waals surface area contributed by atoms with Gasteiger partial charge in [-0.05, 0) is 48.2 Å². The van der Waals surface area contributed by atoms with Gasteiger partial charge in [-0.2, -0.15) is 0 Å². The molecular weight excluding hydrogens is 360 g/mol. The van der Waals surface area contributed by atoms with E-state index in [4.69, 9.17) is 11.6 Å². The molecule has 0 radical (unpaired) electrons. The van der Waals surface area contributed by atoms with Gasteiger partial charge in [0.2, 0.25) is 5.95 Å². The molecule has 1 N–H and O–H groups in total. The van der Waals surface area contributed by atoms with Gasteiger partial charge in [-0.25, -0.2) is 9.97 Å². The van der Waals surface area contributed by atoms with E-state index in [9.17, 15) is 4.79 Å². The van der Waals surface area contributed by atoms with Crippen LogP contribution in [-0.4, -0.2) is 22.4 Å². The molecule has 1 aliphatic rings. The summed E-state index contributed by atoms with van der Waals surface area (Å²) in [6, 6.07) is 15.4. The van der Waals surface area contributed by atoms with Crippen molar-refractivity contribution in [2.45, 2.75) is 19.9 Å². The van der Waals surface area contributed by atoms with Gasteiger partial charge in [0.25, 0.3) is 5.91 Å². The van der Waals surface area contributed by atoms with Crippen LogP contribution in [0.25, 0.3) is 0 Å². The molecule has 3 aromatic rings. The Hall–Kier alpha value is -2.92. The van der Waals surface area contributed by atoms with E-state index >= 15 is 0 Å². The van der Waals surface area contributed by atoms with Crippen LogP contribution in [0.3, 0.4) is 0 Å². The van der Waals surface area contributed by atoms with Crippen molar-refractivity contribution in [2.75, 3.05) is 16.8 Å². The second kappa shape index (κ2) is 7.37. The molecule has 5 nitrogen and oxygen atoms in total. The van der Waals surface area contributed by atoms with E-state index in [1.165, 1.54) is 11.1 Å². The van der Waals surface area contributed by atoms with E-state index in [2.05, 4.69) is 38.4 Å². The Kier molecular flexibility index (Phi) is 4.77. The molecule has 1 aromatic heterocycles. The second-order valence-electron chi connectivity index (χ2n) is 6.60. The maximum Gasteiger partial charge on any atom is 0.274 e. The van der Waals surface area contributed by atoms with Crippen LogP contribution in [0.2, 0.25) is 5.02 Å². The Labute approximate surface area is 163 Å². The summed E-state index contributed by atoms with van der Waals surface area (Å²) in [6.07, 6.45) is 2.57. The summed E-state index contributed by atoms with van der Waals surface area (Å²) in [4.78, 5) is 23.6. The van der Waals surface area contributed by atoms with Crippen LogP contribution in [0.5, 0.6) is 0 Å². The maximum absolute atomic E-state index is 12.6. The van der Waals surface area contributed by atoms with Gasteiger partial charge >= 0.3 is 0 Å². The summed E-state index contributed by atoms with van der Waals surface area (Å²) in [7, 11) is 0. The number of aryl methyl sites for hydroxylation is 1. The van der Waals surface area contributed by atoms with E-state index in [0.29, 0.717) is 22.4 Å². The number of carbonyl (C=O) groups is 1. The predicted molar refractivity (Wildman–Crippen MR) is 107 cm³/mol. The van der Waals surface area contributed by atoms with E-state index < -0.39 is 0 Å².